The highest BCUT2D eigenvalue weighted by Gasteiger charge is 2.25. The van der Waals surface area contributed by atoms with E-state index >= 15 is 0 Å². The highest BCUT2D eigenvalue weighted by molar-refractivity contribution is 5.75. The average molecular weight is 335 g/mol. The lowest BCUT2D eigenvalue weighted by molar-refractivity contribution is -0.122. The second kappa shape index (κ2) is 8.05. The van der Waals surface area contributed by atoms with Gasteiger partial charge in [0.15, 0.2) is 5.82 Å². The number of nitrogens with one attached hydrogen (secondary N) is 1. The summed E-state index contributed by atoms with van der Waals surface area (Å²) < 4.78 is 6.75. The average Bonchev–Trinajstić information content (AvgIpc) is 3.15. The van der Waals surface area contributed by atoms with Gasteiger partial charge < -0.3 is 14.9 Å². The number of hydrogen-bond donors (Lipinski definition) is 2. The Hall–Kier alpha value is -2.22. The molecule has 2 rings (SSSR count). The predicted molar refractivity (Wildman–Crippen MR) is 87.0 cm³/mol. The number of carbonyl (C=O) groups excluding carboxylic acids is 1. The monoisotopic (exact) mass is 335 g/mol. The topological polar surface area (TPSA) is 106 Å². The van der Waals surface area contributed by atoms with Gasteiger partial charge in [0.25, 0.3) is 0 Å². The smallest absolute Gasteiger partial charge is 0.226 e. The van der Waals surface area contributed by atoms with Crippen LogP contribution < -0.4 is 5.32 Å². The van der Waals surface area contributed by atoms with Crippen molar-refractivity contribution in [1.29, 1.82) is 0 Å². The number of nitrogens with zero attached hydrogens (tertiary/aromatic N) is 4. The Labute approximate surface area is 141 Å². The molecule has 0 unspecified atom stereocenters. The van der Waals surface area contributed by atoms with E-state index in [1.165, 1.54) is 0 Å². The molecule has 0 radical (unpaired) electrons. The Morgan fingerprint density at radius 1 is 1.46 bits per heavy atom. The molecular formula is C16H25N5O3. The second-order valence-electron chi connectivity index (χ2n) is 6.16. The molecule has 0 aliphatic heterocycles. The Balaban J connectivity index is 1.71. The fourth-order valence-electron chi connectivity index (χ4n) is 2.28. The summed E-state index contributed by atoms with van der Waals surface area (Å²) in [5.41, 5.74) is -0.481. The van der Waals surface area contributed by atoms with Gasteiger partial charge in [0.1, 0.15) is 5.60 Å². The van der Waals surface area contributed by atoms with Gasteiger partial charge in [-0.05, 0) is 19.8 Å². The number of aromatic nitrogens is 4. The molecule has 24 heavy (non-hydrogen) atoms. The van der Waals surface area contributed by atoms with Gasteiger partial charge in [-0.2, -0.15) is 10.1 Å². The molecule has 2 aromatic heterocycles. The minimum Gasteiger partial charge on any atom is -0.383 e. The number of aryl methyl sites for hydroxylation is 3. The number of amides is 1. The lowest BCUT2D eigenvalue weighted by Gasteiger charge is -2.22. The SMILES string of the molecule is CCCc1noc(CCCC(=O)NC[C@](C)(O)c2cnn(C)c2)n1. The van der Waals surface area contributed by atoms with Gasteiger partial charge in [-0.3, -0.25) is 9.48 Å². The van der Waals surface area contributed by atoms with Crippen LogP contribution in [0.4, 0.5) is 0 Å². The lowest BCUT2D eigenvalue weighted by atomic mass is 9.99. The minimum absolute atomic E-state index is 0.118. The summed E-state index contributed by atoms with van der Waals surface area (Å²) in [6.45, 7) is 3.84. The van der Waals surface area contributed by atoms with Crippen LogP contribution in [0.2, 0.25) is 0 Å². The van der Waals surface area contributed by atoms with E-state index in [-0.39, 0.29) is 12.5 Å². The van der Waals surface area contributed by atoms with E-state index in [0.29, 0.717) is 36.5 Å². The molecule has 2 heterocycles. The van der Waals surface area contributed by atoms with Gasteiger partial charge in [-0.15, -0.1) is 0 Å². The summed E-state index contributed by atoms with van der Waals surface area (Å²) in [4.78, 5) is 16.2. The Kier molecular flexibility index (Phi) is 6.08. The van der Waals surface area contributed by atoms with Crippen molar-refractivity contribution < 1.29 is 14.4 Å². The summed E-state index contributed by atoms with van der Waals surface area (Å²) in [5.74, 6) is 1.16. The van der Waals surface area contributed by atoms with Gasteiger partial charge in [0.05, 0.1) is 12.7 Å². The molecule has 0 fully saturated rings. The third-order valence-corrected chi connectivity index (χ3v) is 3.73. The molecule has 0 aliphatic rings. The zero-order chi connectivity index (χ0) is 17.6. The Morgan fingerprint density at radius 2 is 2.25 bits per heavy atom. The van der Waals surface area contributed by atoms with Crippen LogP contribution in [0, 0.1) is 0 Å². The summed E-state index contributed by atoms with van der Waals surface area (Å²) in [5, 5.41) is 21.1. The lowest BCUT2D eigenvalue weighted by Crippen LogP contribution is -2.38. The van der Waals surface area contributed by atoms with Crippen molar-refractivity contribution in [1.82, 2.24) is 25.2 Å². The first-order chi connectivity index (χ1) is 11.4. The van der Waals surface area contributed by atoms with Gasteiger partial charge in [0, 0.05) is 38.1 Å². The third-order valence-electron chi connectivity index (χ3n) is 3.73. The first kappa shape index (κ1) is 18.1. The van der Waals surface area contributed by atoms with Crippen molar-refractivity contribution in [2.45, 2.75) is 51.6 Å². The number of aliphatic hydroxyl groups is 1. The van der Waals surface area contributed by atoms with E-state index in [2.05, 4.69) is 27.5 Å². The van der Waals surface area contributed by atoms with Crippen LogP contribution >= 0.6 is 0 Å². The van der Waals surface area contributed by atoms with Crippen LogP contribution in [-0.4, -0.2) is 37.5 Å². The standard InChI is InChI=1S/C16H25N5O3/c1-4-6-13-19-15(24-20-13)8-5-7-14(22)17-11-16(2,23)12-9-18-21(3)10-12/h9-10,23H,4-8,11H2,1-3H3,(H,17,22)/t16-/m0/s1. The van der Waals surface area contributed by atoms with E-state index < -0.39 is 5.60 Å². The van der Waals surface area contributed by atoms with Crippen molar-refractivity contribution in [3.05, 3.63) is 29.7 Å². The van der Waals surface area contributed by atoms with Crippen LogP contribution in [0.15, 0.2) is 16.9 Å². The number of hydrogen-bond acceptors (Lipinski definition) is 6. The summed E-state index contributed by atoms with van der Waals surface area (Å²) in [7, 11) is 1.78. The number of carbonyl (C=O) groups is 1. The van der Waals surface area contributed by atoms with Crippen LogP contribution in [0.1, 0.15) is 50.4 Å². The van der Waals surface area contributed by atoms with Crippen LogP contribution in [0.5, 0.6) is 0 Å². The van der Waals surface area contributed by atoms with Crippen molar-refractivity contribution in [3.63, 3.8) is 0 Å². The Morgan fingerprint density at radius 3 is 2.92 bits per heavy atom. The molecule has 0 saturated carbocycles. The maximum Gasteiger partial charge on any atom is 0.226 e. The molecule has 132 valence electrons. The van der Waals surface area contributed by atoms with Crippen LogP contribution in [-0.2, 0) is 30.3 Å². The first-order valence-electron chi connectivity index (χ1n) is 8.20. The van der Waals surface area contributed by atoms with E-state index in [1.54, 1.807) is 31.0 Å². The third kappa shape index (κ3) is 5.16. The van der Waals surface area contributed by atoms with Gasteiger partial charge in [-0.25, -0.2) is 0 Å². The molecule has 1 amide bonds. The maximum atomic E-state index is 11.9. The van der Waals surface area contributed by atoms with Crippen molar-refractivity contribution in [3.8, 4) is 0 Å². The van der Waals surface area contributed by atoms with Crippen molar-refractivity contribution in [2.24, 2.45) is 7.05 Å². The van der Waals surface area contributed by atoms with Crippen LogP contribution in [0.3, 0.4) is 0 Å². The first-order valence-corrected chi connectivity index (χ1v) is 8.20. The van der Waals surface area contributed by atoms with E-state index in [4.69, 9.17) is 4.52 Å². The van der Waals surface area contributed by atoms with Crippen LogP contribution in [0.25, 0.3) is 0 Å². The fourth-order valence-corrected chi connectivity index (χ4v) is 2.28. The van der Waals surface area contributed by atoms with Crippen molar-refractivity contribution >= 4 is 5.91 Å². The molecule has 2 aromatic rings. The van der Waals surface area contributed by atoms with Crippen molar-refractivity contribution in [2.75, 3.05) is 6.54 Å². The molecule has 1 atom stereocenters. The molecule has 0 bridgehead atoms. The molecule has 0 spiro atoms. The highest BCUT2D eigenvalue weighted by Crippen LogP contribution is 2.18. The highest BCUT2D eigenvalue weighted by atomic mass is 16.5. The zero-order valence-corrected chi connectivity index (χ0v) is 14.4. The molecule has 0 aliphatic carbocycles. The second-order valence-corrected chi connectivity index (χ2v) is 6.16. The fraction of sp³-hybridized carbons (Fsp3) is 0.625. The normalized spacial score (nSPS) is 13.7. The van der Waals surface area contributed by atoms with Gasteiger partial charge >= 0.3 is 0 Å². The summed E-state index contributed by atoms with van der Waals surface area (Å²) in [6, 6.07) is 0. The van der Waals surface area contributed by atoms with E-state index in [1.807, 2.05) is 0 Å². The zero-order valence-electron chi connectivity index (χ0n) is 14.4. The molecule has 8 heteroatoms. The van der Waals surface area contributed by atoms with E-state index in [0.717, 1.165) is 12.8 Å². The number of rotatable bonds is 9. The molecular weight excluding hydrogens is 310 g/mol. The quantitative estimate of drug-likeness (QED) is 0.711. The summed E-state index contributed by atoms with van der Waals surface area (Å²) >= 11 is 0. The molecule has 8 nitrogen and oxygen atoms in total. The summed E-state index contributed by atoms with van der Waals surface area (Å²) in [6.07, 6.45) is 6.63. The van der Waals surface area contributed by atoms with Gasteiger partial charge in [-0.1, -0.05) is 12.1 Å². The Bertz CT molecular complexity index is 662. The molecule has 0 aromatic carbocycles. The molecule has 2 N–H and O–H groups in total. The maximum absolute atomic E-state index is 11.9. The predicted octanol–water partition coefficient (Wildman–Crippen LogP) is 1.10. The van der Waals surface area contributed by atoms with Gasteiger partial charge in [0.2, 0.25) is 11.8 Å². The minimum atomic E-state index is -1.15. The van der Waals surface area contributed by atoms with E-state index in [9.17, 15) is 9.90 Å². The largest absolute Gasteiger partial charge is 0.383 e. The molecule has 0 saturated heterocycles.